The fourth-order valence-electron chi connectivity index (χ4n) is 2.38. The molecule has 0 bridgehead atoms. The second-order valence-corrected chi connectivity index (χ2v) is 5.72. The topological polar surface area (TPSA) is 29.9 Å². The smallest absolute Gasteiger partial charge is 0.124 e. The maximum absolute atomic E-state index is 13.1. The van der Waals surface area contributed by atoms with Gasteiger partial charge in [-0.1, -0.05) is 24.6 Å². The molecular weight excluding hydrogens is 289 g/mol. The third-order valence-corrected chi connectivity index (χ3v) is 3.76. The molecule has 0 spiro atoms. The molecule has 2 rings (SSSR count). The van der Waals surface area contributed by atoms with Crippen molar-refractivity contribution in [3.8, 4) is 0 Å². The molecule has 0 saturated carbocycles. The first-order valence-corrected chi connectivity index (χ1v) is 7.61. The molecule has 21 heavy (non-hydrogen) atoms. The molecule has 1 unspecified atom stereocenters. The number of nitrogens with one attached hydrogen (secondary N) is 1. The van der Waals surface area contributed by atoms with Gasteiger partial charge in [-0.3, -0.25) is 4.68 Å². The SMILES string of the molecule is CCCNC(Cc1cnn(C)c1)Cc1ccc(F)cc1Cl. The van der Waals surface area contributed by atoms with E-state index in [-0.39, 0.29) is 11.9 Å². The van der Waals surface area contributed by atoms with Crippen LogP contribution < -0.4 is 5.32 Å². The van der Waals surface area contributed by atoms with Gasteiger partial charge in [0.1, 0.15) is 5.82 Å². The lowest BCUT2D eigenvalue weighted by Crippen LogP contribution is -2.33. The van der Waals surface area contributed by atoms with Gasteiger partial charge in [0, 0.05) is 24.3 Å². The van der Waals surface area contributed by atoms with Gasteiger partial charge in [0.15, 0.2) is 0 Å². The van der Waals surface area contributed by atoms with E-state index in [1.807, 2.05) is 19.4 Å². The molecule has 5 heteroatoms. The molecule has 114 valence electrons. The molecule has 0 amide bonds. The largest absolute Gasteiger partial charge is 0.313 e. The average molecular weight is 310 g/mol. The molecule has 0 aliphatic heterocycles. The lowest BCUT2D eigenvalue weighted by molar-refractivity contribution is 0.504. The van der Waals surface area contributed by atoms with Crippen LogP contribution in [0.15, 0.2) is 30.6 Å². The van der Waals surface area contributed by atoms with Crippen molar-refractivity contribution in [2.45, 2.75) is 32.2 Å². The van der Waals surface area contributed by atoms with Crippen LogP contribution >= 0.6 is 11.6 Å². The molecule has 1 heterocycles. The summed E-state index contributed by atoms with van der Waals surface area (Å²) in [5.74, 6) is -0.297. The summed E-state index contributed by atoms with van der Waals surface area (Å²) in [6, 6.07) is 4.86. The van der Waals surface area contributed by atoms with Crippen LogP contribution in [0.3, 0.4) is 0 Å². The normalized spacial score (nSPS) is 12.6. The molecule has 3 nitrogen and oxygen atoms in total. The number of hydrogen-bond acceptors (Lipinski definition) is 2. The Hall–Kier alpha value is -1.39. The zero-order valence-electron chi connectivity index (χ0n) is 12.4. The molecule has 1 atom stereocenters. The van der Waals surface area contributed by atoms with E-state index in [0.717, 1.165) is 31.4 Å². The van der Waals surface area contributed by atoms with Crippen molar-refractivity contribution in [3.05, 3.63) is 52.6 Å². The van der Waals surface area contributed by atoms with Gasteiger partial charge in [0.05, 0.1) is 6.20 Å². The lowest BCUT2D eigenvalue weighted by atomic mass is 10.0. The monoisotopic (exact) mass is 309 g/mol. The Morgan fingerprint density at radius 1 is 1.38 bits per heavy atom. The first kappa shape index (κ1) is 16.0. The average Bonchev–Trinajstić information content (AvgIpc) is 2.84. The van der Waals surface area contributed by atoms with Crippen LogP contribution in [0, 0.1) is 5.82 Å². The summed E-state index contributed by atoms with van der Waals surface area (Å²) in [5.41, 5.74) is 2.15. The van der Waals surface area contributed by atoms with E-state index in [9.17, 15) is 4.39 Å². The van der Waals surface area contributed by atoms with Gasteiger partial charge in [-0.25, -0.2) is 4.39 Å². The molecule has 0 radical (unpaired) electrons. The van der Waals surface area contributed by atoms with E-state index in [4.69, 9.17) is 11.6 Å². The van der Waals surface area contributed by atoms with Crippen molar-refractivity contribution in [2.75, 3.05) is 6.54 Å². The molecule has 2 aromatic rings. The Morgan fingerprint density at radius 3 is 2.81 bits per heavy atom. The summed E-state index contributed by atoms with van der Waals surface area (Å²) in [6.45, 7) is 3.09. The Bertz CT molecular complexity index is 583. The van der Waals surface area contributed by atoms with Crippen LogP contribution in [0.1, 0.15) is 24.5 Å². The van der Waals surface area contributed by atoms with E-state index in [2.05, 4.69) is 17.3 Å². The van der Waals surface area contributed by atoms with Crippen LogP contribution in [0.4, 0.5) is 4.39 Å². The zero-order valence-corrected chi connectivity index (χ0v) is 13.2. The van der Waals surface area contributed by atoms with Crippen LogP contribution in [-0.2, 0) is 19.9 Å². The van der Waals surface area contributed by atoms with Crippen molar-refractivity contribution >= 4 is 11.6 Å². The predicted octanol–water partition coefficient (Wildman–Crippen LogP) is 3.37. The Morgan fingerprint density at radius 2 is 2.19 bits per heavy atom. The Balaban J connectivity index is 2.08. The summed E-state index contributed by atoms with van der Waals surface area (Å²) in [5, 5.41) is 8.22. The fraction of sp³-hybridized carbons (Fsp3) is 0.438. The van der Waals surface area contributed by atoms with Crippen molar-refractivity contribution in [2.24, 2.45) is 7.05 Å². The van der Waals surface area contributed by atoms with Crippen molar-refractivity contribution < 1.29 is 4.39 Å². The molecule has 1 aromatic carbocycles. The summed E-state index contributed by atoms with van der Waals surface area (Å²) < 4.78 is 14.9. The number of rotatable bonds is 7. The van der Waals surface area contributed by atoms with Crippen molar-refractivity contribution in [1.29, 1.82) is 0 Å². The minimum Gasteiger partial charge on any atom is -0.313 e. The highest BCUT2D eigenvalue weighted by molar-refractivity contribution is 6.31. The second-order valence-electron chi connectivity index (χ2n) is 5.32. The van der Waals surface area contributed by atoms with Gasteiger partial charge < -0.3 is 5.32 Å². The maximum atomic E-state index is 13.1. The highest BCUT2D eigenvalue weighted by Crippen LogP contribution is 2.20. The molecule has 0 aliphatic carbocycles. The summed E-state index contributed by atoms with van der Waals surface area (Å²) in [4.78, 5) is 0. The third-order valence-electron chi connectivity index (χ3n) is 3.40. The lowest BCUT2D eigenvalue weighted by Gasteiger charge is -2.18. The van der Waals surface area contributed by atoms with Crippen LogP contribution in [0.25, 0.3) is 0 Å². The molecule has 0 fully saturated rings. The second kappa shape index (κ2) is 7.57. The first-order valence-electron chi connectivity index (χ1n) is 7.23. The zero-order chi connectivity index (χ0) is 15.2. The van der Waals surface area contributed by atoms with Gasteiger partial charge in [-0.05, 0) is 49.1 Å². The summed E-state index contributed by atoms with van der Waals surface area (Å²) in [6.07, 6.45) is 6.62. The minimum absolute atomic E-state index is 0.261. The number of hydrogen-bond donors (Lipinski definition) is 1. The van der Waals surface area contributed by atoms with E-state index in [0.29, 0.717) is 5.02 Å². The van der Waals surface area contributed by atoms with Crippen LogP contribution in [-0.4, -0.2) is 22.4 Å². The molecule has 1 N–H and O–H groups in total. The predicted molar refractivity (Wildman–Crippen MR) is 84.1 cm³/mol. The van der Waals surface area contributed by atoms with Crippen molar-refractivity contribution in [1.82, 2.24) is 15.1 Å². The van der Waals surface area contributed by atoms with Gasteiger partial charge in [0.2, 0.25) is 0 Å². The number of nitrogens with zero attached hydrogens (tertiary/aromatic N) is 2. The Kier molecular flexibility index (Phi) is 5.76. The molecule has 0 aliphatic rings. The van der Waals surface area contributed by atoms with Gasteiger partial charge in [0.25, 0.3) is 0 Å². The number of benzene rings is 1. The van der Waals surface area contributed by atoms with E-state index in [1.165, 1.54) is 17.7 Å². The van der Waals surface area contributed by atoms with Gasteiger partial charge >= 0.3 is 0 Å². The maximum Gasteiger partial charge on any atom is 0.124 e. The fourth-order valence-corrected chi connectivity index (χ4v) is 2.62. The van der Waals surface area contributed by atoms with Gasteiger partial charge in [-0.2, -0.15) is 5.10 Å². The third kappa shape index (κ3) is 4.83. The van der Waals surface area contributed by atoms with E-state index in [1.54, 1.807) is 10.7 Å². The minimum atomic E-state index is -0.297. The highest BCUT2D eigenvalue weighted by atomic mass is 35.5. The summed E-state index contributed by atoms with van der Waals surface area (Å²) >= 11 is 6.13. The number of aryl methyl sites for hydroxylation is 1. The molecular formula is C16H21ClFN3. The first-order chi connectivity index (χ1) is 10.1. The number of halogens is 2. The highest BCUT2D eigenvalue weighted by Gasteiger charge is 2.13. The molecule has 1 aromatic heterocycles. The van der Waals surface area contributed by atoms with E-state index >= 15 is 0 Å². The van der Waals surface area contributed by atoms with Gasteiger partial charge in [-0.15, -0.1) is 0 Å². The van der Waals surface area contributed by atoms with Crippen molar-refractivity contribution in [3.63, 3.8) is 0 Å². The summed E-state index contributed by atoms with van der Waals surface area (Å²) in [7, 11) is 1.91. The standard InChI is InChI=1S/C16H21ClFN3/c1-3-6-19-15(7-12-10-20-21(2)11-12)8-13-4-5-14(18)9-16(13)17/h4-5,9-11,15,19H,3,6-8H2,1-2H3. The molecule has 0 saturated heterocycles. The van der Waals surface area contributed by atoms with Crippen LogP contribution in [0.2, 0.25) is 5.02 Å². The Labute approximate surface area is 130 Å². The number of aromatic nitrogens is 2. The van der Waals surface area contributed by atoms with E-state index < -0.39 is 0 Å². The quantitative estimate of drug-likeness (QED) is 0.850. The van der Waals surface area contributed by atoms with Crippen LogP contribution in [0.5, 0.6) is 0 Å².